The minimum Gasteiger partial charge on any atom is -0.280 e. The smallest absolute Gasteiger partial charge is 0.261 e. The van der Waals surface area contributed by atoms with Gasteiger partial charge in [0, 0.05) is 17.4 Å². The third-order valence-electron chi connectivity index (χ3n) is 5.62. The van der Waals surface area contributed by atoms with Gasteiger partial charge in [0.1, 0.15) is 5.69 Å². The van der Waals surface area contributed by atoms with Crippen LogP contribution in [0, 0.1) is 0 Å². The van der Waals surface area contributed by atoms with Crippen molar-refractivity contribution in [2.24, 2.45) is 0 Å². The van der Waals surface area contributed by atoms with Gasteiger partial charge in [0.2, 0.25) is 5.82 Å². The molecule has 0 saturated carbocycles. The van der Waals surface area contributed by atoms with Crippen LogP contribution in [-0.4, -0.2) is 33.2 Å². The quantitative estimate of drug-likeness (QED) is 0.382. The fourth-order valence-corrected chi connectivity index (χ4v) is 4.95. The van der Waals surface area contributed by atoms with Crippen LogP contribution in [0.2, 0.25) is 0 Å². The van der Waals surface area contributed by atoms with Gasteiger partial charge in [0.05, 0.1) is 10.6 Å². The summed E-state index contributed by atoms with van der Waals surface area (Å²) in [6, 6.07) is 29.0. The largest absolute Gasteiger partial charge is 0.280 e. The molecule has 0 amide bonds. The Morgan fingerprint density at radius 1 is 0.714 bits per heavy atom. The predicted molar refractivity (Wildman–Crippen MR) is 134 cm³/mol. The summed E-state index contributed by atoms with van der Waals surface area (Å²) in [5.74, 6) is 0.544. The second kappa shape index (κ2) is 8.30. The Hall–Kier alpha value is -4.63. The molecular weight excluding hydrogens is 460 g/mol. The molecule has 0 unspecified atom stereocenters. The summed E-state index contributed by atoms with van der Waals surface area (Å²) in [6.45, 7) is 0. The maximum atomic E-state index is 12.9. The normalized spacial score (nSPS) is 11.7. The molecule has 0 aliphatic carbocycles. The number of pyridine rings is 1. The third-order valence-corrected chi connectivity index (χ3v) is 7.00. The lowest BCUT2D eigenvalue weighted by atomic mass is 10.1. The lowest BCUT2D eigenvalue weighted by Crippen LogP contribution is -2.12. The summed E-state index contributed by atoms with van der Waals surface area (Å²) in [7, 11) is -3.73. The maximum Gasteiger partial charge on any atom is 0.261 e. The van der Waals surface area contributed by atoms with Gasteiger partial charge in [-0.05, 0) is 59.3 Å². The SMILES string of the molecule is O=S(=O)(Nc1ccc(-c2ccc3nnc(-c4ccccn4)n3n2)cc1)c1ccc2ccccc2c1. The minimum absolute atomic E-state index is 0.210. The molecule has 0 atom stereocenters. The van der Waals surface area contributed by atoms with E-state index in [4.69, 9.17) is 0 Å². The van der Waals surface area contributed by atoms with Gasteiger partial charge in [0.15, 0.2) is 5.65 Å². The number of fused-ring (bicyclic) bond motifs is 2. The van der Waals surface area contributed by atoms with Gasteiger partial charge >= 0.3 is 0 Å². The van der Waals surface area contributed by atoms with Crippen LogP contribution in [0.4, 0.5) is 5.69 Å². The van der Waals surface area contributed by atoms with Crippen LogP contribution in [0.3, 0.4) is 0 Å². The molecule has 35 heavy (non-hydrogen) atoms. The topological polar surface area (TPSA) is 102 Å². The van der Waals surface area contributed by atoms with E-state index >= 15 is 0 Å². The van der Waals surface area contributed by atoms with Gasteiger partial charge in [-0.25, -0.2) is 8.42 Å². The Bertz CT molecular complexity index is 1780. The Labute approximate surface area is 201 Å². The Morgan fingerprint density at radius 2 is 1.51 bits per heavy atom. The van der Waals surface area contributed by atoms with Crippen LogP contribution in [0.1, 0.15) is 0 Å². The van der Waals surface area contributed by atoms with Gasteiger partial charge in [0.25, 0.3) is 10.0 Å². The van der Waals surface area contributed by atoms with Crippen LogP contribution >= 0.6 is 0 Å². The first-order valence-electron chi connectivity index (χ1n) is 10.8. The predicted octanol–water partition coefficient (Wildman–Crippen LogP) is 4.81. The van der Waals surface area contributed by atoms with Gasteiger partial charge in [-0.15, -0.1) is 10.2 Å². The molecule has 3 aromatic heterocycles. The number of sulfonamides is 1. The molecule has 1 N–H and O–H groups in total. The van der Waals surface area contributed by atoms with Crippen molar-refractivity contribution in [1.29, 1.82) is 0 Å². The highest BCUT2D eigenvalue weighted by molar-refractivity contribution is 7.92. The molecule has 8 nitrogen and oxygen atoms in total. The molecular formula is C26H18N6O2S. The molecule has 0 fully saturated rings. The average Bonchev–Trinajstić information content (AvgIpc) is 3.32. The average molecular weight is 479 g/mol. The van der Waals surface area contributed by atoms with Crippen molar-refractivity contribution in [2.75, 3.05) is 4.72 Å². The lowest BCUT2D eigenvalue weighted by Gasteiger charge is -2.10. The highest BCUT2D eigenvalue weighted by Crippen LogP contribution is 2.25. The van der Waals surface area contributed by atoms with Crippen molar-refractivity contribution in [3.05, 3.63) is 103 Å². The first-order valence-corrected chi connectivity index (χ1v) is 12.3. The first-order chi connectivity index (χ1) is 17.1. The van der Waals surface area contributed by atoms with E-state index in [1.165, 1.54) is 0 Å². The number of anilines is 1. The van der Waals surface area contributed by atoms with Crippen molar-refractivity contribution in [2.45, 2.75) is 4.90 Å². The number of hydrogen-bond acceptors (Lipinski definition) is 6. The van der Waals surface area contributed by atoms with Gasteiger partial charge < -0.3 is 0 Å². The van der Waals surface area contributed by atoms with Crippen molar-refractivity contribution < 1.29 is 8.42 Å². The summed E-state index contributed by atoms with van der Waals surface area (Å²) in [5, 5.41) is 14.9. The zero-order valence-electron chi connectivity index (χ0n) is 18.3. The minimum atomic E-state index is -3.73. The van der Waals surface area contributed by atoms with Crippen LogP contribution in [0.25, 0.3) is 39.2 Å². The second-order valence-corrected chi connectivity index (χ2v) is 9.60. The Morgan fingerprint density at radius 3 is 2.31 bits per heavy atom. The van der Waals surface area contributed by atoms with Crippen molar-refractivity contribution in [3.63, 3.8) is 0 Å². The molecule has 170 valence electrons. The zero-order valence-corrected chi connectivity index (χ0v) is 19.1. The molecule has 0 saturated heterocycles. The Balaban J connectivity index is 1.28. The molecule has 6 rings (SSSR count). The molecule has 0 aliphatic rings. The van der Waals surface area contributed by atoms with Crippen molar-refractivity contribution >= 4 is 32.1 Å². The summed E-state index contributed by atoms with van der Waals surface area (Å²) in [5.41, 5.74) is 3.25. The number of rotatable bonds is 5. The van der Waals surface area contributed by atoms with Crippen molar-refractivity contribution in [1.82, 2.24) is 24.8 Å². The van der Waals surface area contributed by atoms with E-state index in [-0.39, 0.29) is 4.90 Å². The molecule has 6 aromatic rings. The maximum absolute atomic E-state index is 12.9. The fraction of sp³-hybridized carbons (Fsp3) is 0. The zero-order chi connectivity index (χ0) is 23.8. The van der Waals surface area contributed by atoms with E-state index < -0.39 is 10.0 Å². The van der Waals surface area contributed by atoms with Crippen molar-refractivity contribution in [3.8, 4) is 22.8 Å². The highest BCUT2D eigenvalue weighted by Gasteiger charge is 2.15. The fourth-order valence-electron chi connectivity index (χ4n) is 3.86. The Kier molecular flexibility index (Phi) is 4.97. The second-order valence-electron chi connectivity index (χ2n) is 7.92. The molecule has 3 aromatic carbocycles. The first kappa shape index (κ1) is 20.9. The van der Waals surface area contributed by atoms with E-state index in [2.05, 4.69) is 25.0 Å². The molecule has 0 bridgehead atoms. The van der Waals surface area contributed by atoms with E-state index in [0.717, 1.165) is 16.3 Å². The standard InChI is InChI=1S/C26H18N6O2S/c33-35(34,22-13-10-18-5-1-2-6-20(18)17-22)31-21-11-8-19(9-12-21)23-14-15-25-28-29-26(32(25)30-23)24-7-3-4-16-27-24/h1-17,31H. The molecule has 0 radical (unpaired) electrons. The van der Waals surface area contributed by atoms with Gasteiger partial charge in [-0.1, -0.05) is 48.5 Å². The molecule has 9 heteroatoms. The highest BCUT2D eigenvalue weighted by atomic mass is 32.2. The van der Waals surface area contributed by atoms with Gasteiger partial charge in [-0.2, -0.15) is 9.61 Å². The molecule has 0 aliphatic heterocycles. The monoisotopic (exact) mass is 478 g/mol. The van der Waals surface area contributed by atoms with E-state index in [0.29, 0.717) is 28.5 Å². The van der Waals surface area contributed by atoms with Crippen LogP contribution in [0.15, 0.2) is 108 Å². The van der Waals surface area contributed by atoms with Crippen LogP contribution in [0.5, 0.6) is 0 Å². The van der Waals surface area contributed by atoms with Gasteiger partial charge in [-0.3, -0.25) is 9.71 Å². The summed E-state index contributed by atoms with van der Waals surface area (Å²) >= 11 is 0. The summed E-state index contributed by atoms with van der Waals surface area (Å²) < 4.78 is 30.2. The summed E-state index contributed by atoms with van der Waals surface area (Å²) in [6.07, 6.45) is 1.69. The summed E-state index contributed by atoms with van der Waals surface area (Å²) in [4.78, 5) is 4.54. The third kappa shape index (κ3) is 3.98. The van der Waals surface area contributed by atoms with E-state index in [9.17, 15) is 8.42 Å². The van der Waals surface area contributed by atoms with E-state index in [1.807, 2.05) is 66.7 Å². The van der Waals surface area contributed by atoms with E-state index in [1.54, 1.807) is 41.0 Å². The number of aromatic nitrogens is 5. The number of nitrogens with zero attached hydrogens (tertiary/aromatic N) is 5. The molecule has 0 spiro atoms. The van der Waals surface area contributed by atoms with Crippen LogP contribution < -0.4 is 4.72 Å². The number of hydrogen-bond donors (Lipinski definition) is 1. The number of benzene rings is 3. The lowest BCUT2D eigenvalue weighted by molar-refractivity contribution is 0.601. The number of nitrogens with one attached hydrogen (secondary N) is 1. The molecule has 3 heterocycles. The van der Waals surface area contributed by atoms with Crippen LogP contribution in [-0.2, 0) is 10.0 Å².